The largest absolute Gasteiger partial charge is 0.379 e. The summed E-state index contributed by atoms with van der Waals surface area (Å²) in [6.07, 6.45) is 0. The first-order valence-electron chi connectivity index (χ1n) is 7.81. The van der Waals surface area contributed by atoms with Gasteiger partial charge in [0.05, 0.1) is 23.3 Å². The zero-order valence-electron chi connectivity index (χ0n) is 13.4. The number of hydrogen-bond donors (Lipinski definition) is 1. The molecule has 0 unspecified atom stereocenters. The van der Waals surface area contributed by atoms with Crippen LogP contribution in [0.25, 0.3) is 0 Å². The summed E-state index contributed by atoms with van der Waals surface area (Å²) in [4.78, 5) is 2.26. The van der Waals surface area contributed by atoms with Crippen LogP contribution in [0.3, 0.4) is 0 Å². The van der Waals surface area contributed by atoms with Crippen LogP contribution in [-0.4, -0.2) is 39.6 Å². The van der Waals surface area contributed by atoms with Crippen LogP contribution >= 0.6 is 23.2 Å². The van der Waals surface area contributed by atoms with Crippen LogP contribution < -0.4 is 4.72 Å². The van der Waals surface area contributed by atoms with Gasteiger partial charge in [0.15, 0.2) is 0 Å². The summed E-state index contributed by atoms with van der Waals surface area (Å²) in [5.41, 5.74) is 1.59. The first-order chi connectivity index (χ1) is 12.0. The van der Waals surface area contributed by atoms with Crippen molar-refractivity contribution < 1.29 is 13.2 Å². The van der Waals surface area contributed by atoms with Crippen LogP contribution in [0.15, 0.2) is 47.4 Å². The van der Waals surface area contributed by atoms with Crippen LogP contribution in [-0.2, 0) is 21.3 Å². The Morgan fingerprint density at radius 3 is 2.40 bits per heavy atom. The highest BCUT2D eigenvalue weighted by Crippen LogP contribution is 2.30. The molecule has 0 spiro atoms. The van der Waals surface area contributed by atoms with Crippen molar-refractivity contribution in [3.63, 3.8) is 0 Å². The number of nitrogens with one attached hydrogen (secondary N) is 1. The van der Waals surface area contributed by atoms with Crippen LogP contribution in [0.5, 0.6) is 0 Å². The minimum atomic E-state index is -3.80. The van der Waals surface area contributed by atoms with Crippen molar-refractivity contribution in [2.24, 2.45) is 0 Å². The maximum Gasteiger partial charge on any atom is 0.263 e. The number of rotatable bonds is 5. The molecule has 1 aliphatic rings. The van der Waals surface area contributed by atoms with Crippen molar-refractivity contribution in [3.05, 3.63) is 58.1 Å². The fourth-order valence-electron chi connectivity index (χ4n) is 2.60. The molecular formula is C17H18Cl2N2O3S. The maximum absolute atomic E-state index is 12.5. The van der Waals surface area contributed by atoms with Crippen molar-refractivity contribution in [2.45, 2.75) is 11.4 Å². The van der Waals surface area contributed by atoms with E-state index >= 15 is 0 Å². The standard InChI is InChI=1S/C17H18Cl2N2O3S/c18-15-2-1-3-16(17(15)19)25(22,23)20-14-6-4-13(5-7-14)12-21-8-10-24-11-9-21/h1-7,20H,8-12H2. The molecule has 1 saturated heterocycles. The molecule has 3 rings (SSSR count). The minimum absolute atomic E-state index is 0.0144. The van der Waals surface area contributed by atoms with Crippen molar-refractivity contribution >= 4 is 38.9 Å². The molecule has 25 heavy (non-hydrogen) atoms. The van der Waals surface area contributed by atoms with Gasteiger partial charge < -0.3 is 4.74 Å². The summed E-state index contributed by atoms with van der Waals surface area (Å²) in [5, 5.41) is 0.214. The molecule has 134 valence electrons. The number of sulfonamides is 1. The molecule has 0 aliphatic carbocycles. The highest BCUT2D eigenvalue weighted by atomic mass is 35.5. The van der Waals surface area contributed by atoms with Gasteiger partial charge in [0.1, 0.15) is 4.90 Å². The summed E-state index contributed by atoms with van der Waals surface area (Å²) < 4.78 is 32.9. The van der Waals surface area contributed by atoms with Crippen LogP contribution in [0.2, 0.25) is 10.0 Å². The molecule has 2 aromatic carbocycles. The van der Waals surface area contributed by atoms with Gasteiger partial charge in [-0.2, -0.15) is 0 Å². The molecular weight excluding hydrogens is 383 g/mol. The normalized spacial score (nSPS) is 15.9. The Bertz CT molecular complexity index is 835. The molecule has 1 heterocycles. The summed E-state index contributed by atoms with van der Waals surface area (Å²) in [7, 11) is -3.80. The van der Waals surface area contributed by atoms with E-state index in [-0.39, 0.29) is 14.9 Å². The Hall–Kier alpha value is -1.31. The third-order valence-electron chi connectivity index (χ3n) is 3.92. The van der Waals surface area contributed by atoms with Gasteiger partial charge in [-0.05, 0) is 29.8 Å². The van der Waals surface area contributed by atoms with Crippen molar-refractivity contribution in [3.8, 4) is 0 Å². The van der Waals surface area contributed by atoms with Gasteiger partial charge in [-0.1, -0.05) is 41.4 Å². The lowest BCUT2D eigenvalue weighted by molar-refractivity contribution is 0.0342. The predicted octanol–water partition coefficient (Wildman–Crippen LogP) is 3.63. The minimum Gasteiger partial charge on any atom is -0.379 e. The smallest absolute Gasteiger partial charge is 0.263 e. The highest BCUT2D eigenvalue weighted by Gasteiger charge is 2.19. The van der Waals surface area contributed by atoms with Crippen molar-refractivity contribution in [2.75, 3.05) is 31.0 Å². The number of benzene rings is 2. The summed E-state index contributed by atoms with van der Waals surface area (Å²) in [6.45, 7) is 4.12. The molecule has 1 N–H and O–H groups in total. The molecule has 1 fully saturated rings. The van der Waals surface area contributed by atoms with Crippen molar-refractivity contribution in [1.82, 2.24) is 4.90 Å². The lowest BCUT2D eigenvalue weighted by Crippen LogP contribution is -2.35. The Labute approximate surface area is 157 Å². The first-order valence-corrected chi connectivity index (χ1v) is 10.1. The lowest BCUT2D eigenvalue weighted by atomic mass is 10.2. The number of anilines is 1. The Balaban J connectivity index is 1.71. The van der Waals surface area contributed by atoms with E-state index in [2.05, 4.69) is 9.62 Å². The topological polar surface area (TPSA) is 58.6 Å². The number of nitrogens with zero attached hydrogens (tertiary/aromatic N) is 1. The predicted molar refractivity (Wildman–Crippen MR) is 99.8 cm³/mol. The molecule has 0 radical (unpaired) electrons. The molecule has 0 bridgehead atoms. The molecule has 0 amide bonds. The Morgan fingerprint density at radius 1 is 1.04 bits per heavy atom. The molecule has 0 atom stereocenters. The molecule has 0 aromatic heterocycles. The molecule has 2 aromatic rings. The van der Waals surface area contributed by atoms with Gasteiger partial charge in [-0.25, -0.2) is 8.42 Å². The van der Waals surface area contributed by atoms with Gasteiger partial charge in [-0.3, -0.25) is 9.62 Å². The Kier molecular flexibility index (Phi) is 5.86. The van der Waals surface area contributed by atoms with E-state index in [0.29, 0.717) is 5.69 Å². The van der Waals surface area contributed by atoms with Crippen LogP contribution in [0.4, 0.5) is 5.69 Å². The number of morpholine rings is 1. The number of halogens is 2. The van der Waals surface area contributed by atoms with E-state index in [9.17, 15) is 8.42 Å². The van der Waals surface area contributed by atoms with E-state index in [4.69, 9.17) is 27.9 Å². The van der Waals surface area contributed by atoms with E-state index in [1.807, 2.05) is 12.1 Å². The van der Waals surface area contributed by atoms with Crippen LogP contribution in [0.1, 0.15) is 5.56 Å². The van der Waals surface area contributed by atoms with E-state index < -0.39 is 10.0 Å². The SMILES string of the molecule is O=S(=O)(Nc1ccc(CN2CCOCC2)cc1)c1cccc(Cl)c1Cl. The van der Waals surface area contributed by atoms with E-state index in [0.717, 1.165) is 38.4 Å². The second-order valence-electron chi connectivity index (χ2n) is 5.74. The van der Waals surface area contributed by atoms with E-state index in [1.54, 1.807) is 24.3 Å². The number of hydrogen-bond acceptors (Lipinski definition) is 4. The summed E-state index contributed by atoms with van der Waals surface area (Å²) >= 11 is 11.9. The third kappa shape index (κ3) is 4.65. The fraction of sp³-hybridized carbons (Fsp3) is 0.294. The first kappa shape index (κ1) is 18.5. The second kappa shape index (κ2) is 7.93. The quantitative estimate of drug-likeness (QED) is 0.832. The fourth-order valence-corrected chi connectivity index (χ4v) is 4.42. The monoisotopic (exact) mass is 400 g/mol. The summed E-state index contributed by atoms with van der Waals surface area (Å²) in [5.74, 6) is 0. The van der Waals surface area contributed by atoms with Crippen LogP contribution in [0, 0.1) is 0 Å². The lowest BCUT2D eigenvalue weighted by Gasteiger charge is -2.26. The van der Waals surface area contributed by atoms with Gasteiger partial charge in [-0.15, -0.1) is 0 Å². The van der Waals surface area contributed by atoms with Crippen molar-refractivity contribution in [1.29, 1.82) is 0 Å². The van der Waals surface area contributed by atoms with Gasteiger partial charge >= 0.3 is 0 Å². The Morgan fingerprint density at radius 2 is 1.72 bits per heavy atom. The average molecular weight is 401 g/mol. The van der Waals surface area contributed by atoms with Gasteiger partial charge in [0, 0.05) is 25.3 Å². The van der Waals surface area contributed by atoms with Gasteiger partial charge in [0.25, 0.3) is 10.0 Å². The second-order valence-corrected chi connectivity index (χ2v) is 8.18. The average Bonchev–Trinajstić information content (AvgIpc) is 2.59. The third-order valence-corrected chi connectivity index (χ3v) is 6.28. The number of ether oxygens (including phenoxy) is 1. The zero-order chi connectivity index (χ0) is 17.9. The molecule has 0 saturated carbocycles. The molecule has 5 nitrogen and oxygen atoms in total. The van der Waals surface area contributed by atoms with Gasteiger partial charge in [0.2, 0.25) is 0 Å². The zero-order valence-corrected chi connectivity index (χ0v) is 15.7. The van der Waals surface area contributed by atoms with E-state index in [1.165, 1.54) is 6.07 Å². The highest BCUT2D eigenvalue weighted by molar-refractivity contribution is 7.92. The summed E-state index contributed by atoms with van der Waals surface area (Å²) in [6, 6.07) is 11.8. The maximum atomic E-state index is 12.5. The molecule has 1 aliphatic heterocycles. The molecule has 8 heteroatoms.